The molecular weight excluding hydrogens is 382 g/mol. The van der Waals surface area contributed by atoms with E-state index < -0.39 is 0 Å². The Balaban J connectivity index is 1.90. The number of rotatable bonds is 6. The van der Waals surface area contributed by atoms with Crippen molar-refractivity contribution in [2.24, 2.45) is 0 Å². The zero-order chi connectivity index (χ0) is 19.9. The van der Waals surface area contributed by atoms with Crippen molar-refractivity contribution in [2.75, 3.05) is 32.1 Å². The summed E-state index contributed by atoms with van der Waals surface area (Å²) in [6.07, 6.45) is 9.34. The molecule has 0 radical (unpaired) electrons. The van der Waals surface area contributed by atoms with Crippen molar-refractivity contribution in [2.45, 2.75) is 23.1 Å². The van der Waals surface area contributed by atoms with Gasteiger partial charge in [-0.15, -0.1) is 23.5 Å². The van der Waals surface area contributed by atoms with Crippen LogP contribution in [-0.4, -0.2) is 42.8 Å². The maximum absolute atomic E-state index is 13.2. The van der Waals surface area contributed by atoms with Gasteiger partial charge in [0.25, 0.3) is 0 Å². The minimum absolute atomic E-state index is 0.176. The Hall–Kier alpha value is -1.75. The van der Waals surface area contributed by atoms with E-state index in [2.05, 4.69) is 85.0 Å². The second kappa shape index (κ2) is 10.1. The summed E-state index contributed by atoms with van der Waals surface area (Å²) in [5, 5.41) is 0. The highest BCUT2D eigenvalue weighted by atomic mass is 32.2. The molecule has 0 bridgehead atoms. The van der Waals surface area contributed by atoms with E-state index in [1.165, 1.54) is 9.79 Å². The molecule has 4 heteroatoms. The van der Waals surface area contributed by atoms with Crippen molar-refractivity contribution in [3.05, 3.63) is 70.8 Å². The van der Waals surface area contributed by atoms with E-state index in [9.17, 15) is 4.79 Å². The van der Waals surface area contributed by atoms with Crippen molar-refractivity contribution in [3.63, 3.8) is 0 Å². The Labute approximate surface area is 177 Å². The van der Waals surface area contributed by atoms with Gasteiger partial charge in [0.2, 0.25) is 0 Å². The third kappa shape index (κ3) is 5.40. The van der Waals surface area contributed by atoms with Gasteiger partial charge in [0.1, 0.15) is 0 Å². The number of hydrogen-bond donors (Lipinski definition) is 0. The van der Waals surface area contributed by atoms with Crippen LogP contribution in [0.2, 0.25) is 0 Å². The standard InChI is InChI=1S/C24H27NOS2/c1-4-13-25-16-20(14-18-5-9-22(27-2)10-6-18)24(26)21(17-25)15-19-7-11-23(28-3)12-8-19/h5-12,14-15H,4,13,16-17H2,1-3H3/b20-14+,21-15+. The highest BCUT2D eigenvalue weighted by molar-refractivity contribution is 7.98. The van der Waals surface area contributed by atoms with Gasteiger partial charge in [0.15, 0.2) is 5.78 Å². The van der Waals surface area contributed by atoms with Crippen LogP contribution in [0, 0.1) is 0 Å². The number of carbonyl (C=O) groups is 1. The van der Waals surface area contributed by atoms with Crippen molar-refractivity contribution >= 4 is 41.5 Å². The molecule has 2 aromatic carbocycles. The Bertz CT molecular complexity index is 797. The molecule has 2 nitrogen and oxygen atoms in total. The van der Waals surface area contributed by atoms with Crippen LogP contribution < -0.4 is 0 Å². The number of nitrogens with zero attached hydrogens (tertiary/aromatic N) is 1. The molecule has 0 atom stereocenters. The van der Waals surface area contributed by atoms with Gasteiger partial charge in [-0.3, -0.25) is 9.69 Å². The Morgan fingerprint density at radius 1 is 0.821 bits per heavy atom. The van der Waals surface area contributed by atoms with E-state index in [0.29, 0.717) is 0 Å². The van der Waals surface area contributed by atoms with E-state index in [0.717, 1.165) is 48.3 Å². The van der Waals surface area contributed by atoms with Crippen LogP contribution in [0.3, 0.4) is 0 Å². The predicted octanol–water partition coefficient (Wildman–Crippen LogP) is 5.89. The number of benzene rings is 2. The first-order valence-electron chi connectivity index (χ1n) is 9.59. The topological polar surface area (TPSA) is 20.3 Å². The molecule has 0 aromatic heterocycles. The van der Waals surface area contributed by atoms with Gasteiger partial charge in [0.05, 0.1) is 0 Å². The van der Waals surface area contributed by atoms with Crippen LogP contribution in [-0.2, 0) is 4.79 Å². The van der Waals surface area contributed by atoms with Crippen molar-refractivity contribution in [3.8, 4) is 0 Å². The molecule has 3 rings (SSSR count). The molecule has 0 saturated carbocycles. The summed E-state index contributed by atoms with van der Waals surface area (Å²) in [5.41, 5.74) is 3.93. The maximum atomic E-state index is 13.2. The number of thioether (sulfide) groups is 2. The SMILES string of the molecule is CCCN1C/C(=C\c2ccc(SC)cc2)C(=O)/C(=C/c2ccc(SC)cc2)C1. The number of hydrogen-bond acceptors (Lipinski definition) is 4. The third-order valence-electron chi connectivity index (χ3n) is 4.82. The zero-order valence-electron chi connectivity index (χ0n) is 16.8. The number of carbonyl (C=O) groups excluding carboxylic acids is 1. The summed E-state index contributed by atoms with van der Waals surface area (Å²) in [5.74, 6) is 0.176. The van der Waals surface area contributed by atoms with E-state index >= 15 is 0 Å². The molecule has 28 heavy (non-hydrogen) atoms. The largest absolute Gasteiger partial charge is 0.295 e. The predicted molar refractivity (Wildman–Crippen MR) is 124 cm³/mol. The maximum Gasteiger partial charge on any atom is 0.187 e. The lowest BCUT2D eigenvalue weighted by molar-refractivity contribution is -0.113. The van der Waals surface area contributed by atoms with Gasteiger partial charge >= 0.3 is 0 Å². The van der Waals surface area contributed by atoms with Gasteiger partial charge in [-0.05, 0) is 73.0 Å². The molecule has 1 aliphatic rings. The van der Waals surface area contributed by atoms with Crippen LogP contribution in [0.1, 0.15) is 24.5 Å². The van der Waals surface area contributed by atoms with Crippen LogP contribution in [0.5, 0.6) is 0 Å². The van der Waals surface area contributed by atoms with E-state index in [-0.39, 0.29) is 5.78 Å². The number of likely N-dealkylation sites (tertiary alicyclic amines) is 1. The molecule has 1 fully saturated rings. The first kappa shape index (κ1) is 21.0. The van der Waals surface area contributed by atoms with Gasteiger partial charge in [-0.25, -0.2) is 0 Å². The minimum atomic E-state index is 0.176. The quantitative estimate of drug-likeness (QED) is 0.437. The van der Waals surface area contributed by atoms with E-state index in [1.807, 2.05) is 0 Å². The lowest BCUT2D eigenvalue weighted by Crippen LogP contribution is -2.38. The fourth-order valence-electron chi connectivity index (χ4n) is 3.39. The highest BCUT2D eigenvalue weighted by Gasteiger charge is 2.25. The van der Waals surface area contributed by atoms with Gasteiger partial charge < -0.3 is 0 Å². The fraction of sp³-hybridized carbons (Fsp3) is 0.292. The van der Waals surface area contributed by atoms with Crippen LogP contribution in [0.25, 0.3) is 12.2 Å². The number of piperidine rings is 1. The van der Waals surface area contributed by atoms with Crippen molar-refractivity contribution in [1.82, 2.24) is 4.90 Å². The Morgan fingerprint density at radius 3 is 1.61 bits per heavy atom. The average molecular weight is 410 g/mol. The van der Waals surface area contributed by atoms with Gasteiger partial charge in [-0.1, -0.05) is 31.2 Å². The Morgan fingerprint density at radius 2 is 1.25 bits per heavy atom. The van der Waals surface area contributed by atoms with Crippen LogP contribution in [0.4, 0.5) is 0 Å². The smallest absolute Gasteiger partial charge is 0.187 e. The summed E-state index contributed by atoms with van der Waals surface area (Å²) in [6, 6.07) is 16.8. The molecule has 0 spiro atoms. The first-order chi connectivity index (χ1) is 13.6. The molecule has 146 valence electrons. The highest BCUT2D eigenvalue weighted by Crippen LogP contribution is 2.24. The molecule has 0 unspecified atom stereocenters. The number of Topliss-reactive ketones (excluding diaryl/α,β-unsaturated/α-hetero) is 1. The lowest BCUT2D eigenvalue weighted by atomic mass is 9.94. The summed E-state index contributed by atoms with van der Waals surface area (Å²) in [7, 11) is 0. The van der Waals surface area contributed by atoms with E-state index in [1.54, 1.807) is 23.5 Å². The fourth-order valence-corrected chi connectivity index (χ4v) is 4.20. The molecule has 1 saturated heterocycles. The third-order valence-corrected chi connectivity index (χ3v) is 6.31. The van der Waals surface area contributed by atoms with Gasteiger partial charge in [0, 0.05) is 34.0 Å². The summed E-state index contributed by atoms with van der Waals surface area (Å²) in [4.78, 5) is 18.0. The van der Waals surface area contributed by atoms with Crippen LogP contribution >= 0.6 is 23.5 Å². The van der Waals surface area contributed by atoms with Crippen LogP contribution in [0.15, 0.2) is 69.5 Å². The molecular formula is C24H27NOS2. The summed E-state index contributed by atoms with van der Waals surface area (Å²) in [6.45, 7) is 4.63. The average Bonchev–Trinajstić information content (AvgIpc) is 2.72. The second-order valence-electron chi connectivity index (χ2n) is 6.93. The monoisotopic (exact) mass is 409 g/mol. The molecule has 0 amide bonds. The molecule has 1 aliphatic heterocycles. The molecule has 0 N–H and O–H groups in total. The summed E-state index contributed by atoms with van der Waals surface area (Å²) >= 11 is 3.46. The van der Waals surface area contributed by atoms with Crippen molar-refractivity contribution in [1.29, 1.82) is 0 Å². The minimum Gasteiger partial charge on any atom is -0.295 e. The van der Waals surface area contributed by atoms with E-state index in [4.69, 9.17) is 0 Å². The first-order valence-corrected chi connectivity index (χ1v) is 12.0. The molecule has 1 heterocycles. The second-order valence-corrected chi connectivity index (χ2v) is 8.68. The zero-order valence-corrected chi connectivity index (χ0v) is 18.4. The Kier molecular flexibility index (Phi) is 7.60. The molecule has 0 aliphatic carbocycles. The lowest BCUT2D eigenvalue weighted by Gasteiger charge is -2.29. The van der Waals surface area contributed by atoms with Crippen molar-refractivity contribution < 1.29 is 4.79 Å². The van der Waals surface area contributed by atoms with Gasteiger partial charge in [-0.2, -0.15) is 0 Å². The normalized spacial score (nSPS) is 18.2. The number of ketones is 1. The summed E-state index contributed by atoms with van der Waals surface area (Å²) < 4.78 is 0. The molecule has 2 aromatic rings.